The third kappa shape index (κ3) is 6.37. The lowest BCUT2D eigenvalue weighted by Crippen LogP contribution is -2.31. The fourth-order valence-corrected chi connectivity index (χ4v) is 2.23. The van der Waals surface area contributed by atoms with Crippen LogP contribution in [0.1, 0.15) is 39.0 Å². The van der Waals surface area contributed by atoms with Gasteiger partial charge in [-0.25, -0.2) is 0 Å². The molecule has 1 aliphatic carbocycles. The second-order valence-electron chi connectivity index (χ2n) is 5.89. The first-order valence-corrected chi connectivity index (χ1v) is 7.76. The lowest BCUT2D eigenvalue weighted by Gasteiger charge is -2.09. The number of nitrogens with zero attached hydrogens (tertiary/aromatic N) is 1. The Morgan fingerprint density at radius 3 is 2.05 bits per heavy atom. The van der Waals surface area contributed by atoms with Crippen molar-refractivity contribution in [2.75, 3.05) is 33.7 Å². The summed E-state index contributed by atoms with van der Waals surface area (Å²) in [5.74, 6) is -0.0991. The van der Waals surface area contributed by atoms with Crippen LogP contribution in [0.15, 0.2) is 0 Å². The van der Waals surface area contributed by atoms with E-state index in [1.807, 2.05) is 14.1 Å². The molecular formula is C15H29N3O2. The average molecular weight is 283 g/mol. The van der Waals surface area contributed by atoms with Crippen LogP contribution in [0.25, 0.3) is 0 Å². The molecule has 5 heteroatoms. The smallest absolute Gasteiger partial charge is 0.223 e. The zero-order chi connectivity index (χ0) is 15.0. The SMILES string of the molecule is CCCCCNC(=O)C1CC1C(=O)NCCCN(C)C. The Labute approximate surface area is 122 Å². The Morgan fingerprint density at radius 2 is 1.55 bits per heavy atom. The van der Waals surface area contributed by atoms with Gasteiger partial charge in [-0.2, -0.15) is 0 Å². The molecule has 2 N–H and O–H groups in total. The predicted octanol–water partition coefficient (Wildman–Crippen LogP) is 0.997. The molecular weight excluding hydrogens is 254 g/mol. The molecule has 1 rings (SSSR count). The van der Waals surface area contributed by atoms with Crippen molar-refractivity contribution in [3.63, 3.8) is 0 Å². The molecule has 5 nitrogen and oxygen atoms in total. The van der Waals surface area contributed by atoms with Crippen molar-refractivity contribution in [2.24, 2.45) is 11.8 Å². The lowest BCUT2D eigenvalue weighted by atomic mass is 10.2. The first kappa shape index (κ1) is 17.0. The van der Waals surface area contributed by atoms with Crippen LogP contribution in [-0.2, 0) is 9.59 Å². The summed E-state index contributed by atoms with van der Waals surface area (Å²) in [6.45, 7) is 4.53. The van der Waals surface area contributed by atoms with E-state index in [2.05, 4.69) is 22.5 Å². The van der Waals surface area contributed by atoms with E-state index < -0.39 is 0 Å². The summed E-state index contributed by atoms with van der Waals surface area (Å²) in [5.41, 5.74) is 0. The van der Waals surface area contributed by atoms with E-state index in [-0.39, 0.29) is 23.7 Å². The molecule has 2 unspecified atom stereocenters. The molecule has 0 bridgehead atoms. The molecule has 2 atom stereocenters. The van der Waals surface area contributed by atoms with Gasteiger partial charge in [-0.05, 0) is 39.9 Å². The van der Waals surface area contributed by atoms with Crippen molar-refractivity contribution >= 4 is 11.8 Å². The molecule has 0 heterocycles. The van der Waals surface area contributed by atoms with Crippen molar-refractivity contribution in [3.8, 4) is 0 Å². The number of nitrogens with one attached hydrogen (secondary N) is 2. The monoisotopic (exact) mass is 283 g/mol. The minimum absolute atomic E-state index is 0.0393. The van der Waals surface area contributed by atoms with Crippen molar-refractivity contribution in [1.82, 2.24) is 15.5 Å². The van der Waals surface area contributed by atoms with E-state index >= 15 is 0 Å². The Balaban J connectivity index is 2.08. The van der Waals surface area contributed by atoms with Crippen molar-refractivity contribution in [3.05, 3.63) is 0 Å². The molecule has 1 saturated carbocycles. The quantitative estimate of drug-likeness (QED) is 0.588. The Morgan fingerprint density at radius 1 is 1.00 bits per heavy atom. The van der Waals surface area contributed by atoms with Crippen LogP contribution in [0.5, 0.6) is 0 Å². The predicted molar refractivity (Wildman–Crippen MR) is 80.3 cm³/mol. The zero-order valence-electron chi connectivity index (χ0n) is 13.1. The molecule has 0 aromatic carbocycles. The van der Waals surface area contributed by atoms with Gasteiger partial charge in [0.25, 0.3) is 0 Å². The van der Waals surface area contributed by atoms with Gasteiger partial charge in [0, 0.05) is 13.1 Å². The first-order chi connectivity index (χ1) is 9.56. The molecule has 20 heavy (non-hydrogen) atoms. The highest BCUT2D eigenvalue weighted by Gasteiger charge is 2.47. The van der Waals surface area contributed by atoms with Crippen LogP contribution < -0.4 is 10.6 Å². The van der Waals surface area contributed by atoms with Crippen LogP contribution >= 0.6 is 0 Å². The van der Waals surface area contributed by atoms with Crippen LogP contribution in [-0.4, -0.2) is 50.4 Å². The highest BCUT2D eigenvalue weighted by atomic mass is 16.2. The highest BCUT2D eigenvalue weighted by Crippen LogP contribution is 2.38. The Hall–Kier alpha value is -1.10. The van der Waals surface area contributed by atoms with Gasteiger partial charge in [0.1, 0.15) is 0 Å². The second kappa shape index (κ2) is 8.95. The summed E-state index contributed by atoms with van der Waals surface area (Å²) in [6.07, 6.45) is 4.97. The van der Waals surface area contributed by atoms with E-state index in [1.54, 1.807) is 0 Å². The maximum Gasteiger partial charge on any atom is 0.223 e. The summed E-state index contributed by atoms with van der Waals surface area (Å²) < 4.78 is 0. The second-order valence-corrected chi connectivity index (χ2v) is 5.89. The number of carbonyl (C=O) groups excluding carboxylic acids is 2. The van der Waals surface area contributed by atoms with Gasteiger partial charge in [-0.15, -0.1) is 0 Å². The Kier molecular flexibility index (Phi) is 7.59. The van der Waals surface area contributed by atoms with Crippen LogP contribution in [0.4, 0.5) is 0 Å². The van der Waals surface area contributed by atoms with Gasteiger partial charge in [0.2, 0.25) is 11.8 Å². The number of unbranched alkanes of at least 4 members (excludes halogenated alkanes) is 2. The molecule has 0 saturated heterocycles. The molecule has 0 radical (unpaired) electrons. The fraction of sp³-hybridized carbons (Fsp3) is 0.867. The average Bonchev–Trinajstić information content (AvgIpc) is 3.19. The van der Waals surface area contributed by atoms with Gasteiger partial charge >= 0.3 is 0 Å². The van der Waals surface area contributed by atoms with E-state index in [9.17, 15) is 9.59 Å². The zero-order valence-corrected chi connectivity index (χ0v) is 13.1. The molecule has 0 aromatic heterocycles. The van der Waals surface area contributed by atoms with E-state index in [1.165, 1.54) is 0 Å². The van der Waals surface area contributed by atoms with Crippen LogP contribution in [0.3, 0.4) is 0 Å². The third-order valence-electron chi connectivity index (χ3n) is 3.62. The van der Waals surface area contributed by atoms with Crippen molar-refractivity contribution < 1.29 is 9.59 Å². The summed E-state index contributed by atoms with van der Waals surface area (Å²) >= 11 is 0. The summed E-state index contributed by atoms with van der Waals surface area (Å²) in [4.78, 5) is 25.7. The summed E-state index contributed by atoms with van der Waals surface area (Å²) in [6, 6.07) is 0. The van der Waals surface area contributed by atoms with Gasteiger partial charge in [-0.1, -0.05) is 19.8 Å². The van der Waals surface area contributed by atoms with Gasteiger partial charge < -0.3 is 15.5 Å². The summed E-state index contributed by atoms with van der Waals surface area (Å²) in [7, 11) is 4.03. The number of amides is 2. The minimum atomic E-state index is -0.0967. The molecule has 116 valence electrons. The third-order valence-corrected chi connectivity index (χ3v) is 3.62. The molecule has 0 aliphatic heterocycles. The number of hydrogen-bond acceptors (Lipinski definition) is 3. The van der Waals surface area contributed by atoms with Crippen LogP contribution in [0, 0.1) is 11.8 Å². The molecule has 2 amide bonds. The van der Waals surface area contributed by atoms with Gasteiger partial charge in [-0.3, -0.25) is 9.59 Å². The summed E-state index contributed by atoms with van der Waals surface area (Å²) in [5, 5.41) is 5.84. The molecule has 1 fully saturated rings. The maximum atomic E-state index is 11.8. The first-order valence-electron chi connectivity index (χ1n) is 7.76. The number of hydrogen-bond donors (Lipinski definition) is 2. The normalized spacial score (nSPS) is 20.8. The van der Waals surface area contributed by atoms with Crippen LogP contribution in [0.2, 0.25) is 0 Å². The van der Waals surface area contributed by atoms with E-state index in [4.69, 9.17) is 0 Å². The molecule has 0 spiro atoms. The molecule has 1 aliphatic rings. The van der Waals surface area contributed by atoms with Gasteiger partial charge in [0.15, 0.2) is 0 Å². The van der Waals surface area contributed by atoms with E-state index in [0.717, 1.165) is 38.8 Å². The van der Waals surface area contributed by atoms with Crippen molar-refractivity contribution in [1.29, 1.82) is 0 Å². The largest absolute Gasteiger partial charge is 0.356 e. The number of carbonyl (C=O) groups is 2. The molecule has 0 aromatic rings. The standard InChI is InChI=1S/C15H29N3O2/c1-4-5-6-8-16-14(19)12-11-13(12)15(20)17-9-7-10-18(2)3/h12-13H,4-11H2,1-3H3,(H,16,19)(H,17,20). The van der Waals surface area contributed by atoms with Gasteiger partial charge in [0.05, 0.1) is 11.8 Å². The van der Waals surface area contributed by atoms with Crippen molar-refractivity contribution in [2.45, 2.75) is 39.0 Å². The minimum Gasteiger partial charge on any atom is -0.356 e. The van der Waals surface area contributed by atoms with E-state index in [0.29, 0.717) is 13.0 Å². The maximum absolute atomic E-state index is 11.8. The lowest BCUT2D eigenvalue weighted by molar-refractivity contribution is -0.127. The fourth-order valence-electron chi connectivity index (χ4n) is 2.23. The highest BCUT2D eigenvalue weighted by molar-refractivity contribution is 5.92. The topological polar surface area (TPSA) is 61.4 Å². The Bertz CT molecular complexity index is 318. The number of rotatable bonds is 10.